The number of benzene rings is 1. The van der Waals surface area contributed by atoms with Crippen molar-refractivity contribution in [2.75, 3.05) is 20.3 Å². The van der Waals surface area contributed by atoms with Crippen molar-refractivity contribution < 1.29 is 46.6 Å². The fourth-order valence-electron chi connectivity index (χ4n) is 7.43. The van der Waals surface area contributed by atoms with E-state index in [9.17, 15) is 37.1 Å². The normalized spacial score (nSPS) is 30.2. The Labute approximate surface area is 305 Å². The Hall–Kier alpha value is -4.18. The number of aromatic nitrogens is 1. The Kier molecular flexibility index (Phi) is 10.4. The van der Waals surface area contributed by atoms with Gasteiger partial charge in [0.2, 0.25) is 21.8 Å². The van der Waals surface area contributed by atoms with Gasteiger partial charge in [0.1, 0.15) is 51.8 Å². The fraction of sp³-hybridized carbons (Fsp3) is 0.571. The Bertz CT molecular complexity index is 1910. The van der Waals surface area contributed by atoms with Crippen LogP contribution < -0.4 is 24.8 Å². The number of hydrogen-bond acceptors (Lipinski definition) is 9. The molecule has 52 heavy (non-hydrogen) atoms. The first-order valence-corrected chi connectivity index (χ1v) is 19.2. The van der Waals surface area contributed by atoms with Gasteiger partial charge in [-0.25, -0.2) is 22.6 Å². The molecular formula is C35H43ClFN5O9S. The molecule has 2 aliphatic heterocycles. The lowest BCUT2D eigenvalue weighted by Crippen LogP contribution is -2.59. The summed E-state index contributed by atoms with van der Waals surface area (Å²) in [7, 11) is -2.88. The summed E-state index contributed by atoms with van der Waals surface area (Å²) in [5, 5.41) is 15.6. The smallest absolute Gasteiger partial charge is 0.405 e. The molecule has 0 bridgehead atoms. The maximum atomic E-state index is 14.4. The van der Waals surface area contributed by atoms with E-state index in [4.69, 9.17) is 21.1 Å². The number of hydrogen-bond donors (Lipinski definition) is 4. The first kappa shape index (κ1) is 37.6. The second kappa shape index (κ2) is 14.3. The average molecular weight is 764 g/mol. The molecule has 4 amide bonds. The van der Waals surface area contributed by atoms with Crippen LogP contribution in [-0.4, -0.2) is 96.0 Å². The van der Waals surface area contributed by atoms with Crippen molar-refractivity contribution >= 4 is 56.3 Å². The lowest BCUT2D eigenvalue weighted by molar-refractivity contribution is -0.142. The van der Waals surface area contributed by atoms with Crippen LogP contribution >= 0.6 is 11.6 Å². The van der Waals surface area contributed by atoms with E-state index in [1.54, 1.807) is 31.2 Å². The highest BCUT2D eigenvalue weighted by molar-refractivity contribution is 7.91. The van der Waals surface area contributed by atoms with Gasteiger partial charge in [-0.2, -0.15) is 0 Å². The average Bonchev–Trinajstić information content (AvgIpc) is 3.99. The number of pyridine rings is 1. The zero-order chi connectivity index (χ0) is 37.6. The number of carbonyl (C=O) groups excluding carboxylic acids is 3. The molecular weight excluding hydrogens is 721 g/mol. The molecule has 0 unspecified atom stereocenters. The molecule has 3 fully saturated rings. The van der Waals surface area contributed by atoms with Gasteiger partial charge in [-0.05, 0) is 62.5 Å². The molecule has 6 rings (SSSR count). The van der Waals surface area contributed by atoms with Gasteiger partial charge in [-0.3, -0.25) is 19.1 Å². The SMILES string of the molecule is COc1ccc2c(O[C@@H]3C[C@H]4C(=O)N[C@]5(C(=O)NS(=O)(=O)C6(CF)CC6)C[C@H]5C=CCC[C@@H](C)C[C@@H](C)[C@H](NC(=O)O)C(=O)N4C3)cc(Cl)nc2c1. The minimum atomic E-state index is -4.39. The van der Waals surface area contributed by atoms with Crippen LogP contribution in [0.15, 0.2) is 36.4 Å². The van der Waals surface area contributed by atoms with Gasteiger partial charge in [0, 0.05) is 29.9 Å². The number of nitrogens with one attached hydrogen (secondary N) is 3. The van der Waals surface area contributed by atoms with Crippen LogP contribution in [0.25, 0.3) is 10.9 Å². The third-order valence-corrected chi connectivity index (χ3v) is 13.1. The van der Waals surface area contributed by atoms with E-state index in [0.29, 0.717) is 41.7 Å². The summed E-state index contributed by atoms with van der Waals surface area (Å²) in [6, 6.07) is 4.20. The van der Waals surface area contributed by atoms with E-state index >= 15 is 0 Å². The lowest BCUT2D eigenvalue weighted by Gasteiger charge is -2.32. The highest BCUT2D eigenvalue weighted by Crippen LogP contribution is 2.48. The van der Waals surface area contributed by atoms with Gasteiger partial charge in [-0.15, -0.1) is 0 Å². The Morgan fingerprint density at radius 3 is 2.62 bits per heavy atom. The molecule has 1 aromatic heterocycles. The fourth-order valence-corrected chi connectivity index (χ4v) is 9.05. The highest BCUT2D eigenvalue weighted by atomic mass is 35.5. The number of alkyl halides is 1. The largest absolute Gasteiger partial charge is 0.497 e. The molecule has 17 heteroatoms. The molecule has 14 nitrogen and oxygen atoms in total. The topological polar surface area (TPSA) is 193 Å². The monoisotopic (exact) mass is 763 g/mol. The molecule has 2 saturated carbocycles. The summed E-state index contributed by atoms with van der Waals surface area (Å²) in [5.74, 6) is -2.43. The summed E-state index contributed by atoms with van der Waals surface area (Å²) in [4.78, 5) is 60.0. The summed E-state index contributed by atoms with van der Waals surface area (Å²) >= 11 is 6.34. The first-order valence-electron chi connectivity index (χ1n) is 17.3. The number of sulfonamides is 1. The van der Waals surface area contributed by atoms with E-state index in [2.05, 4.69) is 15.6 Å². The minimum Gasteiger partial charge on any atom is -0.497 e. The Balaban J connectivity index is 1.34. The number of ether oxygens (including phenoxy) is 2. The van der Waals surface area contributed by atoms with E-state index < -0.39 is 80.8 Å². The molecule has 2 aromatic rings. The van der Waals surface area contributed by atoms with Gasteiger partial charge in [-0.1, -0.05) is 37.6 Å². The van der Waals surface area contributed by atoms with Crippen LogP contribution in [-0.2, 0) is 24.4 Å². The predicted octanol–water partition coefficient (Wildman–Crippen LogP) is 3.72. The number of rotatable bonds is 8. The van der Waals surface area contributed by atoms with Crippen molar-refractivity contribution in [3.8, 4) is 11.5 Å². The van der Waals surface area contributed by atoms with Crippen molar-refractivity contribution in [3.05, 3.63) is 41.6 Å². The van der Waals surface area contributed by atoms with Gasteiger partial charge >= 0.3 is 6.09 Å². The number of fused-ring (bicyclic) bond motifs is 3. The maximum Gasteiger partial charge on any atom is 0.405 e. The number of carboxylic acid groups (broad SMARTS) is 1. The van der Waals surface area contributed by atoms with Crippen LogP contribution in [0.4, 0.5) is 9.18 Å². The van der Waals surface area contributed by atoms with Gasteiger partial charge in [0.05, 0.1) is 19.2 Å². The van der Waals surface area contributed by atoms with Crippen molar-refractivity contribution in [1.82, 2.24) is 25.2 Å². The Morgan fingerprint density at radius 1 is 1.19 bits per heavy atom. The van der Waals surface area contributed by atoms with Crippen molar-refractivity contribution in [2.45, 2.75) is 87.3 Å². The molecule has 1 saturated heterocycles. The van der Waals surface area contributed by atoms with Crippen LogP contribution in [0.5, 0.6) is 11.5 Å². The molecule has 282 valence electrons. The van der Waals surface area contributed by atoms with Crippen molar-refractivity contribution in [2.24, 2.45) is 17.8 Å². The standard InChI is InChI=1S/C35H43ClFN5O9S/c1-19-6-4-5-7-21-16-35(21,32(45)41-52(48,49)34(18-37)10-11-34)40-30(43)26-14-23(17-42(26)31(44)29(20(2)12-19)39-33(46)47)51-27-15-28(36)38-25-13-22(50-3)8-9-24(25)27/h5,7-9,13,15,19-21,23,26,29,39H,4,6,10-12,14,16-18H2,1-3H3,(H,40,43)(H,41,45)(H,46,47)/t19-,20-,21-,23-,26+,29+,35-/m1/s1. The molecule has 1 aromatic carbocycles. The molecule has 3 heterocycles. The molecule has 2 aliphatic carbocycles. The zero-order valence-electron chi connectivity index (χ0n) is 29.1. The number of halogens is 2. The van der Waals surface area contributed by atoms with Gasteiger partial charge in [0.15, 0.2) is 0 Å². The lowest BCUT2D eigenvalue weighted by atomic mass is 9.88. The maximum absolute atomic E-state index is 14.4. The summed E-state index contributed by atoms with van der Waals surface area (Å²) in [6.45, 7) is 2.51. The summed E-state index contributed by atoms with van der Waals surface area (Å²) in [6.07, 6.45) is 3.42. The van der Waals surface area contributed by atoms with Gasteiger partial charge < -0.3 is 30.1 Å². The van der Waals surface area contributed by atoms with Crippen LogP contribution in [0.2, 0.25) is 5.15 Å². The third-order valence-electron chi connectivity index (χ3n) is 10.8. The van der Waals surface area contributed by atoms with Crippen molar-refractivity contribution in [1.29, 1.82) is 0 Å². The number of amides is 4. The second-order valence-electron chi connectivity index (χ2n) is 14.6. The third kappa shape index (κ3) is 7.36. The highest BCUT2D eigenvalue weighted by Gasteiger charge is 2.64. The van der Waals surface area contributed by atoms with Crippen LogP contribution in [0.3, 0.4) is 0 Å². The summed E-state index contributed by atoms with van der Waals surface area (Å²) in [5.41, 5.74) is -1.19. The van der Waals surface area contributed by atoms with E-state index in [1.165, 1.54) is 18.1 Å². The summed E-state index contributed by atoms with van der Waals surface area (Å²) < 4.78 is 52.0. The number of carbonyl (C=O) groups is 4. The second-order valence-corrected chi connectivity index (χ2v) is 17.0. The van der Waals surface area contributed by atoms with Crippen LogP contribution in [0, 0.1) is 17.8 Å². The van der Waals surface area contributed by atoms with Crippen molar-refractivity contribution in [3.63, 3.8) is 0 Å². The quantitative estimate of drug-likeness (QED) is 0.228. The van der Waals surface area contributed by atoms with Gasteiger partial charge in [0.25, 0.3) is 5.91 Å². The van der Waals surface area contributed by atoms with E-state index in [-0.39, 0.29) is 43.3 Å². The number of methoxy groups -OCH3 is 1. The molecule has 0 spiro atoms. The number of allylic oxidation sites excluding steroid dienone is 1. The number of nitrogens with zero attached hydrogens (tertiary/aromatic N) is 2. The molecule has 4 aliphatic rings. The Morgan fingerprint density at radius 2 is 1.94 bits per heavy atom. The molecule has 7 atom stereocenters. The minimum absolute atomic E-state index is 0.0544. The van der Waals surface area contributed by atoms with Crippen LogP contribution in [0.1, 0.15) is 58.8 Å². The zero-order valence-corrected chi connectivity index (χ0v) is 30.6. The first-order chi connectivity index (χ1) is 24.6. The van der Waals surface area contributed by atoms with E-state index in [1.807, 2.05) is 17.7 Å². The predicted molar refractivity (Wildman–Crippen MR) is 188 cm³/mol. The van der Waals surface area contributed by atoms with E-state index in [0.717, 1.165) is 0 Å². The molecule has 4 N–H and O–H groups in total. The molecule has 0 radical (unpaired) electrons.